The number of amides is 1. The van der Waals surface area contributed by atoms with Crippen LogP contribution in [0.3, 0.4) is 0 Å². The number of nitrogens with one attached hydrogen (secondary N) is 1. The van der Waals surface area contributed by atoms with Crippen LogP contribution in [0.4, 0.5) is 0 Å². The molecule has 4 rings (SSSR count). The maximum absolute atomic E-state index is 12.6. The number of carboxylic acids is 1. The van der Waals surface area contributed by atoms with Crippen molar-refractivity contribution in [3.05, 3.63) is 36.0 Å². The lowest BCUT2D eigenvalue weighted by Gasteiger charge is -2.35. The topological polar surface area (TPSA) is 82.6 Å². The average molecular weight is 370 g/mol. The lowest BCUT2D eigenvalue weighted by Crippen LogP contribution is -2.43. The number of aromatic amines is 1. The number of nitrogens with zero attached hydrogens (tertiary/aromatic N) is 1. The molecule has 2 aliphatic heterocycles. The van der Waals surface area contributed by atoms with E-state index in [1.54, 1.807) is 0 Å². The van der Waals surface area contributed by atoms with Crippen molar-refractivity contribution in [3.8, 4) is 0 Å². The van der Waals surface area contributed by atoms with Gasteiger partial charge in [-0.25, -0.2) is 0 Å². The monoisotopic (exact) mass is 370 g/mol. The van der Waals surface area contributed by atoms with Crippen LogP contribution in [0.1, 0.15) is 31.2 Å². The van der Waals surface area contributed by atoms with Crippen LogP contribution in [0.25, 0.3) is 10.9 Å². The highest BCUT2D eigenvalue weighted by molar-refractivity contribution is 5.84. The van der Waals surface area contributed by atoms with Crippen LogP contribution in [0.15, 0.2) is 30.5 Å². The summed E-state index contributed by atoms with van der Waals surface area (Å²) in [6.07, 6.45) is 5.29. The normalized spacial score (nSPS) is 23.8. The Morgan fingerprint density at radius 3 is 2.74 bits per heavy atom. The third kappa shape index (κ3) is 3.72. The maximum Gasteiger partial charge on any atom is 0.309 e. The summed E-state index contributed by atoms with van der Waals surface area (Å²) in [5.74, 6) is -0.721. The summed E-state index contributed by atoms with van der Waals surface area (Å²) in [4.78, 5) is 29.2. The van der Waals surface area contributed by atoms with Gasteiger partial charge in [0.2, 0.25) is 5.91 Å². The van der Waals surface area contributed by atoms with E-state index < -0.39 is 5.97 Å². The lowest BCUT2D eigenvalue weighted by atomic mass is 9.84. The second-order valence-corrected chi connectivity index (χ2v) is 7.65. The number of carboxylic acid groups (broad SMARTS) is 1. The number of benzene rings is 1. The van der Waals surface area contributed by atoms with Crippen molar-refractivity contribution >= 4 is 22.8 Å². The van der Waals surface area contributed by atoms with Gasteiger partial charge >= 0.3 is 5.97 Å². The molecule has 2 aliphatic rings. The number of aryl methyl sites for hydroxylation is 1. The quantitative estimate of drug-likeness (QED) is 0.848. The largest absolute Gasteiger partial charge is 0.481 e. The van der Waals surface area contributed by atoms with Crippen LogP contribution < -0.4 is 0 Å². The fourth-order valence-corrected chi connectivity index (χ4v) is 4.56. The number of hydrogen-bond donors (Lipinski definition) is 2. The van der Waals surface area contributed by atoms with Gasteiger partial charge in [0.15, 0.2) is 0 Å². The molecule has 0 aliphatic carbocycles. The van der Waals surface area contributed by atoms with Crippen molar-refractivity contribution in [2.45, 2.75) is 38.2 Å². The molecule has 0 spiro atoms. The summed E-state index contributed by atoms with van der Waals surface area (Å²) in [7, 11) is 0. The Bertz CT molecular complexity index is 822. The van der Waals surface area contributed by atoms with Crippen LogP contribution in [0, 0.1) is 11.8 Å². The van der Waals surface area contributed by atoms with Gasteiger partial charge in [-0.3, -0.25) is 9.59 Å². The van der Waals surface area contributed by atoms with E-state index in [1.165, 1.54) is 10.9 Å². The Balaban J connectivity index is 1.29. The Hall–Kier alpha value is -2.34. The molecule has 0 saturated carbocycles. The predicted octanol–water partition coefficient (Wildman–Crippen LogP) is 2.83. The smallest absolute Gasteiger partial charge is 0.309 e. The molecule has 6 nitrogen and oxygen atoms in total. The van der Waals surface area contributed by atoms with Crippen LogP contribution in [-0.4, -0.2) is 52.7 Å². The molecule has 3 heterocycles. The minimum atomic E-state index is -0.755. The fourth-order valence-electron chi connectivity index (χ4n) is 4.56. The van der Waals surface area contributed by atoms with Gasteiger partial charge in [-0.05, 0) is 43.2 Å². The Morgan fingerprint density at radius 1 is 1.19 bits per heavy atom. The molecule has 0 radical (unpaired) electrons. The van der Waals surface area contributed by atoms with Gasteiger partial charge in [0.25, 0.3) is 0 Å². The number of piperidine rings is 1. The molecule has 1 unspecified atom stereocenters. The van der Waals surface area contributed by atoms with E-state index in [2.05, 4.69) is 11.1 Å². The van der Waals surface area contributed by atoms with Gasteiger partial charge in [-0.2, -0.15) is 0 Å². The van der Waals surface area contributed by atoms with Crippen LogP contribution in [0.2, 0.25) is 0 Å². The van der Waals surface area contributed by atoms with Crippen LogP contribution in [0.5, 0.6) is 0 Å². The van der Waals surface area contributed by atoms with Gasteiger partial charge in [0.1, 0.15) is 0 Å². The van der Waals surface area contributed by atoms with Gasteiger partial charge in [0.05, 0.1) is 12.0 Å². The number of aliphatic carboxylic acids is 1. The Morgan fingerprint density at radius 2 is 1.96 bits per heavy atom. The van der Waals surface area contributed by atoms with Crippen molar-refractivity contribution in [1.29, 1.82) is 0 Å². The number of aromatic nitrogens is 1. The molecule has 2 saturated heterocycles. The van der Waals surface area contributed by atoms with E-state index >= 15 is 0 Å². The highest BCUT2D eigenvalue weighted by Crippen LogP contribution is 2.33. The highest BCUT2D eigenvalue weighted by atomic mass is 16.5. The molecule has 0 bridgehead atoms. The second-order valence-electron chi connectivity index (χ2n) is 7.65. The molecule has 2 atom stereocenters. The molecule has 2 N–H and O–H groups in total. The Labute approximate surface area is 158 Å². The first-order valence-corrected chi connectivity index (χ1v) is 9.80. The number of hydrogen-bond acceptors (Lipinski definition) is 3. The molecule has 6 heteroatoms. The number of likely N-dealkylation sites (tertiary alicyclic amines) is 1. The van der Waals surface area contributed by atoms with E-state index in [4.69, 9.17) is 4.74 Å². The van der Waals surface area contributed by atoms with Crippen molar-refractivity contribution < 1.29 is 19.4 Å². The molecule has 144 valence electrons. The zero-order chi connectivity index (χ0) is 18.8. The minimum absolute atomic E-state index is 0.181. The van der Waals surface area contributed by atoms with E-state index in [9.17, 15) is 14.7 Å². The van der Waals surface area contributed by atoms with E-state index in [0.717, 1.165) is 24.8 Å². The van der Waals surface area contributed by atoms with Crippen LogP contribution >= 0.6 is 0 Å². The highest BCUT2D eigenvalue weighted by Gasteiger charge is 2.40. The average Bonchev–Trinajstić information content (AvgIpc) is 3.33. The lowest BCUT2D eigenvalue weighted by molar-refractivity contribution is -0.146. The number of ether oxygens (including phenoxy) is 1. The number of carbonyl (C=O) groups is 2. The number of para-hydroxylation sites is 1. The summed E-state index contributed by atoms with van der Waals surface area (Å²) in [6.45, 7) is 1.93. The van der Waals surface area contributed by atoms with Gasteiger partial charge in [-0.1, -0.05) is 18.2 Å². The van der Waals surface area contributed by atoms with Crippen molar-refractivity contribution in [2.24, 2.45) is 11.8 Å². The van der Waals surface area contributed by atoms with Crippen molar-refractivity contribution in [1.82, 2.24) is 9.88 Å². The maximum atomic E-state index is 12.6. The standard InChI is InChI=1S/C21H26N2O4/c24-19(6-5-15-13-22-18-4-2-1-3-16(15)18)23-10-7-14(8-11-23)20-17(21(25)26)9-12-27-20/h1-4,13-14,17,20,22H,5-12H2,(H,25,26)/t17?,20-/m0/s1. The molecule has 2 aromatic rings. The third-order valence-corrected chi connectivity index (χ3v) is 6.09. The molecule has 27 heavy (non-hydrogen) atoms. The fraction of sp³-hybridized carbons (Fsp3) is 0.524. The first-order chi connectivity index (χ1) is 13.1. The molecule has 2 fully saturated rings. The second kappa shape index (κ2) is 7.72. The zero-order valence-corrected chi connectivity index (χ0v) is 15.4. The summed E-state index contributed by atoms with van der Waals surface area (Å²) in [6, 6.07) is 8.14. The number of carbonyl (C=O) groups excluding carboxylic acids is 1. The van der Waals surface area contributed by atoms with Crippen molar-refractivity contribution in [3.63, 3.8) is 0 Å². The predicted molar refractivity (Wildman–Crippen MR) is 101 cm³/mol. The number of rotatable bonds is 5. The van der Waals surface area contributed by atoms with E-state index in [0.29, 0.717) is 32.5 Å². The van der Waals surface area contributed by atoms with Crippen LogP contribution in [-0.2, 0) is 20.7 Å². The third-order valence-electron chi connectivity index (χ3n) is 6.09. The van der Waals surface area contributed by atoms with Gasteiger partial charge in [0, 0.05) is 43.2 Å². The first-order valence-electron chi connectivity index (χ1n) is 9.80. The first kappa shape index (κ1) is 18.0. The van der Waals surface area contributed by atoms with E-state index in [1.807, 2.05) is 29.3 Å². The summed E-state index contributed by atoms with van der Waals surface area (Å²) in [5.41, 5.74) is 2.28. The SMILES string of the molecule is O=C(O)C1CCO[C@H]1C1CCN(C(=O)CCc2c[nH]c3ccccc23)CC1. The van der Waals surface area contributed by atoms with E-state index in [-0.39, 0.29) is 23.8 Å². The molecule has 1 aromatic carbocycles. The molecular formula is C21H26N2O4. The number of fused-ring (bicyclic) bond motifs is 1. The molecule has 1 amide bonds. The number of H-pyrrole nitrogens is 1. The summed E-state index contributed by atoms with van der Waals surface area (Å²) < 4.78 is 5.71. The zero-order valence-electron chi connectivity index (χ0n) is 15.4. The Kier molecular flexibility index (Phi) is 5.16. The van der Waals surface area contributed by atoms with Crippen molar-refractivity contribution in [2.75, 3.05) is 19.7 Å². The molecular weight excluding hydrogens is 344 g/mol. The van der Waals surface area contributed by atoms with Gasteiger partial charge < -0.3 is 19.7 Å². The van der Waals surface area contributed by atoms with Gasteiger partial charge in [-0.15, -0.1) is 0 Å². The minimum Gasteiger partial charge on any atom is -0.481 e. The summed E-state index contributed by atoms with van der Waals surface area (Å²) >= 11 is 0. The molecule has 1 aromatic heterocycles. The summed E-state index contributed by atoms with van der Waals surface area (Å²) in [5, 5.41) is 10.5.